The highest BCUT2D eigenvalue weighted by Crippen LogP contribution is 2.48. The van der Waals surface area contributed by atoms with Crippen molar-refractivity contribution in [3.63, 3.8) is 0 Å². The maximum atomic E-state index is 10.8. The third-order valence-electron chi connectivity index (χ3n) is 4.04. The molecule has 3 heteroatoms. The first-order chi connectivity index (χ1) is 9.75. The highest BCUT2D eigenvalue weighted by molar-refractivity contribution is 5.76. The van der Waals surface area contributed by atoms with E-state index < -0.39 is 0 Å². The summed E-state index contributed by atoms with van der Waals surface area (Å²) in [5, 5.41) is 10.8. The van der Waals surface area contributed by atoms with Crippen LogP contribution in [0.4, 0.5) is 0 Å². The second-order valence-electron chi connectivity index (χ2n) is 5.38. The third kappa shape index (κ3) is 2.54. The second kappa shape index (κ2) is 5.63. The Morgan fingerprint density at radius 3 is 2.75 bits per heavy atom. The van der Waals surface area contributed by atoms with E-state index in [0.717, 1.165) is 4.74 Å². The van der Waals surface area contributed by atoms with Gasteiger partial charge < -0.3 is 9.94 Å². The van der Waals surface area contributed by atoms with Crippen LogP contribution in [0.25, 0.3) is 5.57 Å². The average molecular weight is 269 g/mol. The van der Waals surface area contributed by atoms with E-state index in [-0.39, 0.29) is 0 Å². The molecule has 2 atom stereocenters. The van der Waals surface area contributed by atoms with Gasteiger partial charge in [-0.05, 0) is 23.1 Å². The molecule has 1 aromatic carbocycles. The molecule has 0 aliphatic heterocycles. The van der Waals surface area contributed by atoms with Gasteiger partial charge in [0.05, 0.1) is 6.61 Å². The quantitative estimate of drug-likeness (QED) is 0.206. The molecular weight excluding hydrogens is 250 g/mol. The van der Waals surface area contributed by atoms with Crippen molar-refractivity contribution in [1.82, 2.24) is 0 Å². The molecule has 0 radical (unpaired) electrons. The van der Waals surface area contributed by atoms with Gasteiger partial charge in [0.2, 0.25) is 0 Å². The first-order valence-corrected chi connectivity index (χ1v) is 7.03. The molecule has 3 rings (SSSR count). The van der Waals surface area contributed by atoms with Gasteiger partial charge in [0.25, 0.3) is 0 Å². The van der Waals surface area contributed by atoms with Crippen LogP contribution in [-0.4, -0.2) is 31.2 Å². The normalized spacial score (nSPS) is 24.8. The van der Waals surface area contributed by atoms with E-state index in [1.807, 2.05) is 6.07 Å². The average Bonchev–Trinajstić information content (AvgIpc) is 3.05. The molecule has 0 heterocycles. The molecule has 0 saturated carbocycles. The number of rotatable bonds is 5. The first kappa shape index (κ1) is 13.1. The lowest BCUT2D eigenvalue weighted by atomic mass is 9.91. The number of hydroxylamine groups is 1. The Kier molecular flexibility index (Phi) is 3.70. The van der Waals surface area contributed by atoms with Crippen molar-refractivity contribution < 1.29 is 9.48 Å². The van der Waals surface area contributed by atoms with Crippen molar-refractivity contribution in [2.24, 2.45) is 11.8 Å². The minimum Gasteiger partial charge on any atom is -0.624 e. The monoisotopic (exact) mass is 269 g/mol. The number of fused-ring (bicyclic) bond motifs is 2. The fraction of sp³-hybridized carbons (Fsp3) is 0.353. The molecule has 2 bridgehead atoms. The molecule has 1 aromatic rings. The number of hydrogen-bond donors (Lipinski definition) is 0. The summed E-state index contributed by atoms with van der Waals surface area (Å²) in [5.74, 6) is 1.05. The van der Waals surface area contributed by atoms with E-state index in [0.29, 0.717) is 25.0 Å². The molecule has 104 valence electrons. The lowest BCUT2D eigenvalue weighted by Gasteiger charge is -2.16. The van der Waals surface area contributed by atoms with Gasteiger partial charge in [0, 0.05) is 11.8 Å². The van der Waals surface area contributed by atoms with Crippen LogP contribution in [0, 0.1) is 17.0 Å². The third-order valence-corrected chi connectivity index (χ3v) is 4.04. The Bertz CT molecular complexity index is 568. The Labute approximate surface area is 119 Å². The Hall–Kier alpha value is -1.87. The smallest absolute Gasteiger partial charge is 0.176 e. The molecule has 0 amide bonds. The predicted molar refractivity (Wildman–Crippen MR) is 80.5 cm³/mol. The molecule has 0 spiro atoms. The summed E-state index contributed by atoms with van der Waals surface area (Å²) in [5.41, 5.74) is 4.10. The summed E-state index contributed by atoms with van der Waals surface area (Å²) in [7, 11) is 1.47. The molecule has 2 aliphatic rings. The SMILES string of the molecule is C/[N+]([O-])=C/COCC1=C(c2ccccc2)C2C=CC1C2. The summed E-state index contributed by atoms with van der Waals surface area (Å²) >= 11 is 0. The van der Waals surface area contributed by atoms with Crippen LogP contribution in [0.1, 0.15) is 12.0 Å². The van der Waals surface area contributed by atoms with E-state index in [1.54, 1.807) is 0 Å². The van der Waals surface area contributed by atoms with Crippen LogP contribution in [0.5, 0.6) is 0 Å². The Balaban J connectivity index is 1.78. The first-order valence-electron chi connectivity index (χ1n) is 7.03. The molecule has 0 fully saturated rings. The number of benzene rings is 1. The summed E-state index contributed by atoms with van der Waals surface area (Å²) in [6.07, 6.45) is 7.28. The topological polar surface area (TPSA) is 35.3 Å². The maximum Gasteiger partial charge on any atom is 0.176 e. The summed E-state index contributed by atoms with van der Waals surface area (Å²) in [6, 6.07) is 10.5. The van der Waals surface area contributed by atoms with Crippen molar-refractivity contribution >= 4 is 11.8 Å². The van der Waals surface area contributed by atoms with E-state index in [2.05, 4.69) is 36.4 Å². The van der Waals surface area contributed by atoms with E-state index >= 15 is 0 Å². The largest absolute Gasteiger partial charge is 0.624 e. The van der Waals surface area contributed by atoms with Gasteiger partial charge in [-0.2, -0.15) is 0 Å². The Morgan fingerprint density at radius 2 is 2.00 bits per heavy atom. The van der Waals surface area contributed by atoms with Crippen LogP contribution in [-0.2, 0) is 4.74 Å². The highest BCUT2D eigenvalue weighted by atomic mass is 16.5. The van der Waals surface area contributed by atoms with Crippen molar-refractivity contribution in [3.8, 4) is 0 Å². The molecule has 0 N–H and O–H groups in total. The number of ether oxygens (including phenoxy) is 1. The predicted octanol–water partition coefficient (Wildman–Crippen LogP) is 2.87. The number of allylic oxidation sites excluding steroid dienone is 3. The maximum absolute atomic E-state index is 10.8. The lowest BCUT2D eigenvalue weighted by molar-refractivity contribution is -0.419. The summed E-state index contributed by atoms with van der Waals surface area (Å²) < 4.78 is 6.43. The van der Waals surface area contributed by atoms with Crippen LogP contribution in [0.3, 0.4) is 0 Å². The molecule has 2 aliphatic carbocycles. The van der Waals surface area contributed by atoms with Gasteiger partial charge in [-0.3, -0.25) is 0 Å². The molecule has 3 nitrogen and oxygen atoms in total. The standard InChI is InChI=1S/C17H19NO2/c1-18(19)9-10-20-12-16-14-7-8-15(11-14)17(16)13-5-3-2-4-6-13/h2-9,14-15H,10-12H2,1H3/b18-9-. The van der Waals surface area contributed by atoms with Gasteiger partial charge in [-0.15, -0.1) is 0 Å². The zero-order valence-corrected chi connectivity index (χ0v) is 11.7. The lowest BCUT2D eigenvalue weighted by Crippen LogP contribution is -2.10. The van der Waals surface area contributed by atoms with Crippen LogP contribution < -0.4 is 0 Å². The van der Waals surface area contributed by atoms with Gasteiger partial charge in [0.1, 0.15) is 13.7 Å². The van der Waals surface area contributed by atoms with Gasteiger partial charge in [-0.25, -0.2) is 4.74 Å². The van der Waals surface area contributed by atoms with E-state index in [4.69, 9.17) is 4.74 Å². The summed E-state index contributed by atoms with van der Waals surface area (Å²) in [4.78, 5) is 0. The minimum absolute atomic E-state index is 0.368. The van der Waals surface area contributed by atoms with E-state index in [9.17, 15) is 5.21 Å². The fourth-order valence-corrected chi connectivity index (χ4v) is 3.14. The zero-order valence-electron chi connectivity index (χ0n) is 11.7. The van der Waals surface area contributed by atoms with Crippen LogP contribution in [0.15, 0.2) is 48.1 Å². The second-order valence-corrected chi connectivity index (χ2v) is 5.38. The molecule has 20 heavy (non-hydrogen) atoms. The number of nitrogens with zero attached hydrogens (tertiary/aromatic N) is 1. The van der Waals surface area contributed by atoms with Crippen molar-refractivity contribution in [2.45, 2.75) is 6.42 Å². The van der Waals surface area contributed by atoms with Crippen molar-refractivity contribution in [3.05, 3.63) is 58.8 Å². The van der Waals surface area contributed by atoms with Crippen molar-refractivity contribution in [1.29, 1.82) is 0 Å². The van der Waals surface area contributed by atoms with Crippen molar-refractivity contribution in [2.75, 3.05) is 20.3 Å². The zero-order chi connectivity index (χ0) is 13.9. The summed E-state index contributed by atoms with van der Waals surface area (Å²) in [6.45, 7) is 0.979. The van der Waals surface area contributed by atoms with E-state index in [1.165, 1.54) is 36.4 Å². The van der Waals surface area contributed by atoms with Crippen LogP contribution >= 0.6 is 0 Å². The molecule has 0 saturated heterocycles. The van der Waals surface area contributed by atoms with Gasteiger partial charge in [0.15, 0.2) is 6.21 Å². The Morgan fingerprint density at radius 1 is 1.25 bits per heavy atom. The number of hydrogen-bond acceptors (Lipinski definition) is 2. The molecule has 0 aromatic heterocycles. The van der Waals surface area contributed by atoms with Crippen LogP contribution in [0.2, 0.25) is 0 Å². The molecule has 2 unspecified atom stereocenters. The molecular formula is C17H19NO2. The fourth-order valence-electron chi connectivity index (χ4n) is 3.14. The van der Waals surface area contributed by atoms with Gasteiger partial charge >= 0.3 is 0 Å². The minimum atomic E-state index is 0.368. The van der Waals surface area contributed by atoms with Gasteiger partial charge in [-0.1, -0.05) is 42.5 Å². The highest BCUT2D eigenvalue weighted by Gasteiger charge is 2.35.